The summed E-state index contributed by atoms with van der Waals surface area (Å²) in [7, 11) is 0. The Hall–Kier alpha value is -7.16. The fourth-order valence-electron chi connectivity index (χ4n) is 7.73. The Morgan fingerprint density at radius 3 is 1.46 bits per heavy atom. The first-order valence-electron chi connectivity index (χ1n) is 18.4. The molecule has 0 aliphatic heterocycles. The topological polar surface area (TPSA) is 16.4 Å². The van der Waals surface area contributed by atoms with Crippen molar-refractivity contribution in [2.45, 2.75) is 0 Å². The van der Waals surface area contributed by atoms with E-state index in [1.165, 1.54) is 38.8 Å². The number of anilines is 3. The van der Waals surface area contributed by atoms with Crippen LogP contribution in [0, 0.1) is 0 Å². The highest BCUT2D eigenvalue weighted by Gasteiger charge is 2.18. The van der Waals surface area contributed by atoms with E-state index < -0.39 is 0 Å². The van der Waals surface area contributed by atoms with Crippen molar-refractivity contribution in [3.63, 3.8) is 0 Å². The van der Waals surface area contributed by atoms with Gasteiger partial charge in [-0.25, -0.2) is 0 Å². The summed E-state index contributed by atoms with van der Waals surface area (Å²) < 4.78 is 6.41. The summed E-state index contributed by atoms with van der Waals surface area (Å²) in [4.78, 5) is 2.37. The lowest BCUT2D eigenvalue weighted by molar-refractivity contribution is 0.672. The van der Waals surface area contributed by atoms with E-state index in [0.29, 0.717) is 0 Å². The molecule has 10 aromatic rings. The SMILES string of the molecule is c1ccc(-c2ccc(-c3ccc(N(c4ccc(-c5ccc6ccc7c8ccccc8oc7c6c5)cc4)c4ccccc4-c4ccccc4)cc3)cc2)cc1. The normalized spacial score (nSPS) is 11.3. The first-order valence-corrected chi connectivity index (χ1v) is 18.4. The number of fused-ring (bicyclic) bond motifs is 5. The molecule has 0 aliphatic rings. The molecule has 0 saturated heterocycles. The number of rotatable bonds is 7. The van der Waals surface area contributed by atoms with Gasteiger partial charge in [-0.3, -0.25) is 0 Å². The van der Waals surface area contributed by atoms with Crippen LogP contribution in [0.25, 0.3) is 77.2 Å². The molecule has 9 aromatic carbocycles. The minimum Gasteiger partial charge on any atom is -0.455 e. The van der Waals surface area contributed by atoms with Gasteiger partial charge in [-0.15, -0.1) is 0 Å². The van der Waals surface area contributed by atoms with Crippen molar-refractivity contribution in [3.05, 3.63) is 212 Å². The average molecular weight is 690 g/mol. The standard InChI is InChI=1S/C52H35NO/c1-3-11-36(12-4-1)37-19-21-38(22-20-37)39-25-30-44(31-26-39)53(50-17-9-7-15-46(50)41-13-5-2-6-14-41)45-32-27-40(28-33-45)43-24-23-42-29-34-48-47-16-8-10-18-51(47)54-52(48)49(42)35-43/h1-35H. The molecule has 0 unspecified atom stereocenters. The van der Waals surface area contributed by atoms with Gasteiger partial charge in [0.25, 0.3) is 0 Å². The predicted octanol–water partition coefficient (Wildman–Crippen LogP) is 14.9. The molecule has 2 heteroatoms. The lowest BCUT2D eigenvalue weighted by Crippen LogP contribution is -2.11. The Balaban J connectivity index is 1.04. The number of hydrogen-bond donors (Lipinski definition) is 0. The van der Waals surface area contributed by atoms with Gasteiger partial charge in [0.15, 0.2) is 0 Å². The molecule has 0 N–H and O–H groups in total. The van der Waals surface area contributed by atoms with Gasteiger partial charge in [0, 0.05) is 33.1 Å². The maximum atomic E-state index is 6.41. The fourth-order valence-corrected chi connectivity index (χ4v) is 7.73. The Kier molecular flexibility index (Phi) is 7.85. The Bertz CT molecular complexity index is 2890. The molecule has 0 fully saturated rings. The molecule has 1 aromatic heterocycles. The molecular weight excluding hydrogens is 655 g/mol. The van der Waals surface area contributed by atoms with Gasteiger partial charge >= 0.3 is 0 Å². The molecule has 0 amide bonds. The zero-order chi connectivity index (χ0) is 35.8. The van der Waals surface area contributed by atoms with Crippen LogP contribution in [-0.4, -0.2) is 0 Å². The summed E-state index contributed by atoms with van der Waals surface area (Å²) in [6.45, 7) is 0. The van der Waals surface area contributed by atoms with Gasteiger partial charge < -0.3 is 9.32 Å². The summed E-state index contributed by atoms with van der Waals surface area (Å²) in [5.74, 6) is 0. The molecule has 2 nitrogen and oxygen atoms in total. The molecule has 0 bridgehead atoms. The Morgan fingerprint density at radius 1 is 0.315 bits per heavy atom. The van der Waals surface area contributed by atoms with Gasteiger partial charge in [-0.05, 0) is 92.9 Å². The highest BCUT2D eigenvalue weighted by molar-refractivity contribution is 6.15. The van der Waals surface area contributed by atoms with Crippen LogP contribution in [0.15, 0.2) is 217 Å². The number of hydrogen-bond acceptors (Lipinski definition) is 2. The quantitative estimate of drug-likeness (QED) is 0.166. The summed E-state index contributed by atoms with van der Waals surface area (Å²) in [5, 5.41) is 4.59. The van der Waals surface area contributed by atoms with E-state index >= 15 is 0 Å². The summed E-state index contributed by atoms with van der Waals surface area (Å²) in [5.41, 5.74) is 14.6. The maximum absolute atomic E-state index is 6.41. The zero-order valence-corrected chi connectivity index (χ0v) is 29.6. The smallest absolute Gasteiger partial charge is 0.143 e. The van der Waals surface area contributed by atoms with Crippen LogP contribution >= 0.6 is 0 Å². The maximum Gasteiger partial charge on any atom is 0.143 e. The summed E-state index contributed by atoms with van der Waals surface area (Å²) >= 11 is 0. The van der Waals surface area contributed by atoms with Gasteiger partial charge in [-0.2, -0.15) is 0 Å². The Labute approximate surface area is 314 Å². The van der Waals surface area contributed by atoms with Crippen molar-refractivity contribution in [2.24, 2.45) is 0 Å². The van der Waals surface area contributed by atoms with Crippen molar-refractivity contribution in [1.82, 2.24) is 0 Å². The lowest BCUT2D eigenvalue weighted by Gasteiger charge is -2.28. The van der Waals surface area contributed by atoms with E-state index in [2.05, 4.69) is 205 Å². The first kappa shape index (κ1) is 31.6. The van der Waals surface area contributed by atoms with E-state index in [4.69, 9.17) is 4.42 Å². The molecule has 0 saturated carbocycles. The van der Waals surface area contributed by atoms with Crippen LogP contribution in [0.5, 0.6) is 0 Å². The summed E-state index contributed by atoms with van der Waals surface area (Å²) in [6, 6.07) is 75.9. The van der Waals surface area contributed by atoms with E-state index in [-0.39, 0.29) is 0 Å². The molecule has 54 heavy (non-hydrogen) atoms. The van der Waals surface area contributed by atoms with Crippen LogP contribution in [0.3, 0.4) is 0 Å². The zero-order valence-electron chi connectivity index (χ0n) is 29.6. The van der Waals surface area contributed by atoms with E-state index in [0.717, 1.165) is 55.5 Å². The molecular formula is C52H35NO. The number of benzene rings is 9. The third-order valence-corrected chi connectivity index (χ3v) is 10.5. The molecule has 1 heterocycles. The van der Waals surface area contributed by atoms with Crippen LogP contribution in [0.4, 0.5) is 17.1 Å². The molecule has 0 radical (unpaired) electrons. The second-order valence-corrected chi connectivity index (χ2v) is 13.7. The van der Waals surface area contributed by atoms with Crippen molar-refractivity contribution in [3.8, 4) is 44.5 Å². The van der Waals surface area contributed by atoms with Crippen molar-refractivity contribution in [2.75, 3.05) is 4.90 Å². The molecule has 0 spiro atoms. The number of furan rings is 1. The third-order valence-electron chi connectivity index (χ3n) is 10.5. The van der Waals surface area contributed by atoms with Gasteiger partial charge in [0.2, 0.25) is 0 Å². The van der Waals surface area contributed by atoms with Crippen LogP contribution < -0.4 is 4.90 Å². The van der Waals surface area contributed by atoms with E-state index in [1.54, 1.807) is 0 Å². The van der Waals surface area contributed by atoms with Gasteiger partial charge in [-0.1, -0.05) is 164 Å². The average Bonchev–Trinajstić information content (AvgIpc) is 3.64. The highest BCUT2D eigenvalue weighted by atomic mass is 16.3. The van der Waals surface area contributed by atoms with E-state index in [1.807, 2.05) is 12.1 Å². The molecule has 0 atom stereocenters. The van der Waals surface area contributed by atoms with Crippen LogP contribution in [0.1, 0.15) is 0 Å². The van der Waals surface area contributed by atoms with E-state index in [9.17, 15) is 0 Å². The molecule has 0 aliphatic carbocycles. The summed E-state index contributed by atoms with van der Waals surface area (Å²) in [6.07, 6.45) is 0. The lowest BCUT2D eigenvalue weighted by atomic mass is 9.98. The Morgan fingerprint density at radius 2 is 0.796 bits per heavy atom. The largest absolute Gasteiger partial charge is 0.455 e. The van der Waals surface area contributed by atoms with Gasteiger partial charge in [0.05, 0.1) is 5.69 Å². The third kappa shape index (κ3) is 5.71. The highest BCUT2D eigenvalue weighted by Crippen LogP contribution is 2.42. The van der Waals surface area contributed by atoms with Crippen LogP contribution in [-0.2, 0) is 0 Å². The molecule has 254 valence electrons. The number of nitrogens with zero attached hydrogens (tertiary/aromatic N) is 1. The first-order chi connectivity index (χ1) is 26.8. The minimum atomic E-state index is 0.916. The monoisotopic (exact) mass is 689 g/mol. The van der Waals surface area contributed by atoms with Crippen molar-refractivity contribution < 1.29 is 4.42 Å². The second kappa shape index (κ2) is 13.4. The number of para-hydroxylation sites is 2. The second-order valence-electron chi connectivity index (χ2n) is 13.7. The fraction of sp³-hybridized carbons (Fsp3) is 0. The molecule has 10 rings (SSSR count). The minimum absolute atomic E-state index is 0.916. The predicted molar refractivity (Wildman–Crippen MR) is 228 cm³/mol. The van der Waals surface area contributed by atoms with Crippen molar-refractivity contribution >= 4 is 49.8 Å². The van der Waals surface area contributed by atoms with Crippen molar-refractivity contribution in [1.29, 1.82) is 0 Å². The van der Waals surface area contributed by atoms with Crippen LogP contribution in [0.2, 0.25) is 0 Å². The van der Waals surface area contributed by atoms with Gasteiger partial charge in [0.1, 0.15) is 11.2 Å².